The van der Waals surface area contributed by atoms with Crippen molar-refractivity contribution in [1.82, 2.24) is 4.98 Å². The fourth-order valence-corrected chi connectivity index (χ4v) is 4.69. The number of pyridine rings is 1. The molecule has 0 N–H and O–H groups in total. The van der Waals surface area contributed by atoms with Gasteiger partial charge in [0.15, 0.2) is 0 Å². The Balaban J connectivity index is 2.09. The number of fused-ring (bicyclic) bond motifs is 3. The molecule has 1 aromatic heterocycles. The minimum absolute atomic E-state index is 0.0671. The SMILES string of the molecule is CCc1nc2c(c(-c3ccc(F)cc3)c1/C=C/C(C)C)CCC(C)(C)c1ccccc1-2. The van der Waals surface area contributed by atoms with Gasteiger partial charge in [-0.2, -0.15) is 0 Å². The molecule has 1 aliphatic carbocycles. The van der Waals surface area contributed by atoms with E-state index < -0.39 is 0 Å². The summed E-state index contributed by atoms with van der Waals surface area (Å²) in [6, 6.07) is 15.7. The predicted octanol–water partition coefficient (Wildman–Crippen LogP) is 8.01. The van der Waals surface area contributed by atoms with Crippen LogP contribution in [0.25, 0.3) is 28.5 Å². The predicted molar refractivity (Wildman–Crippen MR) is 130 cm³/mol. The van der Waals surface area contributed by atoms with Crippen molar-refractivity contribution in [1.29, 1.82) is 0 Å². The van der Waals surface area contributed by atoms with E-state index in [1.54, 1.807) is 12.1 Å². The highest BCUT2D eigenvalue weighted by Gasteiger charge is 2.31. The number of halogens is 1. The molecule has 3 aromatic rings. The number of hydrogen-bond donors (Lipinski definition) is 0. The van der Waals surface area contributed by atoms with Crippen molar-refractivity contribution in [2.24, 2.45) is 5.92 Å². The van der Waals surface area contributed by atoms with Gasteiger partial charge in [0.2, 0.25) is 0 Å². The number of hydrogen-bond acceptors (Lipinski definition) is 1. The third-order valence-electron chi connectivity index (χ3n) is 6.44. The van der Waals surface area contributed by atoms with Crippen LogP contribution in [0.2, 0.25) is 0 Å². The molecular weight excluding hydrogens is 381 g/mol. The maximum Gasteiger partial charge on any atom is 0.123 e. The molecule has 0 saturated heterocycles. The molecular formula is C29H32FN. The lowest BCUT2D eigenvalue weighted by molar-refractivity contribution is 0.486. The van der Waals surface area contributed by atoms with E-state index in [0.717, 1.165) is 36.2 Å². The van der Waals surface area contributed by atoms with E-state index in [0.29, 0.717) is 5.92 Å². The molecule has 1 heterocycles. The minimum atomic E-state index is -0.203. The first-order chi connectivity index (χ1) is 14.8. The van der Waals surface area contributed by atoms with E-state index >= 15 is 0 Å². The summed E-state index contributed by atoms with van der Waals surface area (Å²) in [6.07, 6.45) is 7.32. The van der Waals surface area contributed by atoms with Crippen LogP contribution in [-0.4, -0.2) is 4.98 Å². The van der Waals surface area contributed by atoms with Gasteiger partial charge in [0.05, 0.1) is 5.69 Å². The van der Waals surface area contributed by atoms with Crippen LogP contribution in [-0.2, 0) is 18.3 Å². The molecule has 4 rings (SSSR count). The number of allylic oxidation sites excluding steroid dienone is 1. The topological polar surface area (TPSA) is 12.9 Å². The number of nitrogens with zero attached hydrogens (tertiary/aromatic N) is 1. The normalized spacial score (nSPS) is 15.1. The Morgan fingerprint density at radius 1 is 1.06 bits per heavy atom. The third kappa shape index (κ3) is 4.08. The quantitative estimate of drug-likeness (QED) is 0.422. The fraction of sp³-hybridized carbons (Fsp3) is 0.345. The van der Waals surface area contributed by atoms with Gasteiger partial charge in [-0.1, -0.05) is 83.2 Å². The Kier molecular flexibility index (Phi) is 5.83. The zero-order valence-electron chi connectivity index (χ0n) is 19.3. The summed E-state index contributed by atoms with van der Waals surface area (Å²) < 4.78 is 13.8. The molecule has 2 heteroatoms. The van der Waals surface area contributed by atoms with Gasteiger partial charge in [-0.05, 0) is 65.0 Å². The summed E-state index contributed by atoms with van der Waals surface area (Å²) in [6.45, 7) is 11.2. The smallest absolute Gasteiger partial charge is 0.123 e. The van der Waals surface area contributed by atoms with E-state index in [-0.39, 0.29) is 11.2 Å². The number of rotatable bonds is 4. The Bertz CT molecular complexity index is 1120. The molecule has 2 aromatic carbocycles. The lowest BCUT2D eigenvalue weighted by Crippen LogP contribution is -2.17. The summed E-state index contributed by atoms with van der Waals surface area (Å²) in [7, 11) is 0. The summed E-state index contributed by atoms with van der Waals surface area (Å²) in [5, 5.41) is 0. The Morgan fingerprint density at radius 3 is 2.45 bits per heavy atom. The van der Waals surface area contributed by atoms with Gasteiger partial charge in [-0.15, -0.1) is 0 Å². The Hall–Kier alpha value is -2.74. The monoisotopic (exact) mass is 413 g/mol. The van der Waals surface area contributed by atoms with E-state index in [9.17, 15) is 4.39 Å². The molecule has 1 aliphatic rings. The third-order valence-corrected chi connectivity index (χ3v) is 6.44. The minimum Gasteiger partial charge on any atom is -0.252 e. The highest BCUT2D eigenvalue weighted by molar-refractivity contribution is 5.86. The zero-order chi connectivity index (χ0) is 22.2. The van der Waals surface area contributed by atoms with Crippen LogP contribution in [0.4, 0.5) is 4.39 Å². The standard InChI is InChI=1S/C29H32FN/c1-6-26-23(16-11-19(2)3)27(20-12-14-21(30)15-13-20)24-17-18-29(4,5)25-10-8-7-9-22(25)28(24)31-26/h7-16,19H,6,17-18H2,1-5H3/b16-11+. The van der Waals surface area contributed by atoms with E-state index in [2.05, 4.69) is 71.0 Å². The molecule has 1 nitrogen and oxygen atoms in total. The van der Waals surface area contributed by atoms with Gasteiger partial charge in [0, 0.05) is 16.8 Å². The lowest BCUT2D eigenvalue weighted by Gasteiger charge is -2.25. The average Bonchev–Trinajstić information content (AvgIpc) is 2.86. The van der Waals surface area contributed by atoms with E-state index in [1.165, 1.54) is 27.8 Å². The molecule has 0 unspecified atom stereocenters. The molecule has 0 fully saturated rings. The Labute approximate surface area is 186 Å². The van der Waals surface area contributed by atoms with Crippen molar-refractivity contribution in [3.63, 3.8) is 0 Å². The van der Waals surface area contributed by atoms with Crippen LogP contribution in [0, 0.1) is 11.7 Å². The summed E-state index contributed by atoms with van der Waals surface area (Å²) in [5.41, 5.74) is 9.60. The summed E-state index contributed by atoms with van der Waals surface area (Å²) in [4.78, 5) is 5.25. The van der Waals surface area contributed by atoms with Gasteiger partial charge in [-0.25, -0.2) is 4.39 Å². The van der Waals surface area contributed by atoms with Crippen LogP contribution in [0.15, 0.2) is 54.6 Å². The first-order valence-corrected chi connectivity index (χ1v) is 11.4. The van der Waals surface area contributed by atoms with Gasteiger partial charge >= 0.3 is 0 Å². The molecule has 0 amide bonds. The average molecular weight is 414 g/mol. The second kappa shape index (κ2) is 8.42. The van der Waals surface area contributed by atoms with Crippen molar-refractivity contribution in [2.45, 2.75) is 59.3 Å². The second-order valence-electron chi connectivity index (χ2n) is 9.57. The van der Waals surface area contributed by atoms with Crippen molar-refractivity contribution >= 4 is 6.08 Å². The molecule has 31 heavy (non-hydrogen) atoms. The molecule has 0 bridgehead atoms. The summed E-state index contributed by atoms with van der Waals surface area (Å²) >= 11 is 0. The van der Waals surface area contributed by atoms with Crippen LogP contribution in [0.1, 0.15) is 63.4 Å². The van der Waals surface area contributed by atoms with Crippen molar-refractivity contribution < 1.29 is 4.39 Å². The highest BCUT2D eigenvalue weighted by Crippen LogP contribution is 2.45. The Morgan fingerprint density at radius 2 is 1.77 bits per heavy atom. The first-order valence-electron chi connectivity index (χ1n) is 11.4. The van der Waals surface area contributed by atoms with Crippen molar-refractivity contribution in [2.75, 3.05) is 0 Å². The maximum atomic E-state index is 13.8. The first kappa shape index (κ1) is 21.5. The molecule has 160 valence electrons. The summed E-state index contributed by atoms with van der Waals surface area (Å²) in [5.74, 6) is 0.245. The number of aryl methyl sites for hydroxylation is 1. The van der Waals surface area contributed by atoms with Gasteiger partial charge in [0.25, 0.3) is 0 Å². The van der Waals surface area contributed by atoms with Crippen LogP contribution < -0.4 is 0 Å². The zero-order valence-corrected chi connectivity index (χ0v) is 19.3. The molecule has 0 saturated carbocycles. The van der Waals surface area contributed by atoms with Crippen LogP contribution >= 0.6 is 0 Å². The number of benzene rings is 2. The van der Waals surface area contributed by atoms with Crippen LogP contribution in [0.3, 0.4) is 0 Å². The van der Waals surface area contributed by atoms with Crippen LogP contribution in [0.5, 0.6) is 0 Å². The highest BCUT2D eigenvalue weighted by atomic mass is 19.1. The molecule has 0 radical (unpaired) electrons. The van der Waals surface area contributed by atoms with Gasteiger partial charge < -0.3 is 0 Å². The molecule has 0 spiro atoms. The van der Waals surface area contributed by atoms with E-state index in [4.69, 9.17) is 4.98 Å². The molecule has 0 aliphatic heterocycles. The lowest BCUT2D eigenvalue weighted by atomic mass is 9.79. The van der Waals surface area contributed by atoms with Gasteiger partial charge in [-0.3, -0.25) is 4.98 Å². The second-order valence-corrected chi connectivity index (χ2v) is 9.57. The fourth-order valence-electron chi connectivity index (χ4n) is 4.69. The van der Waals surface area contributed by atoms with Gasteiger partial charge in [0.1, 0.15) is 5.82 Å². The number of aromatic nitrogens is 1. The maximum absolute atomic E-state index is 13.8. The molecule has 0 atom stereocenters. The van der Waals surface area contributed by atoms with Crippen molar-refractivity contribution in [3.05, 3.63) is 82.8 Å². The largest absolute Gasteiger partial charge is 0.252 e. The van der Waals surface area contributed by atoms with E-state index in [1.807, 2.05) is 12.1 Å². The van der Waals surface area contributed by atoms with Crippen molar-refractivity contribution in [3.8, 4) is 22.4 Å².